The number of H-pyrrole nitrogens is 1. The number of carboxylic acids is 1. The fraction of sp³-hybridized carbons (Fsp3) is 0.100. The lowest BCUT2D eigenvalue weighted by molar-refractivity contribution is -0.147. The highest BCUT2D eigenvalue weighted by Gasteiger charge is 2.44. The summed E-state index contributed by atoms with van der Waals surface area (Å²) < 4.78 is 14.2. The molecule has 1 heterocycles. The van der Waals surface area contributed by atoms with Gasteiger partial charge in [-0.1, -0.05) is 35.9 Å². The zero-order chi connectivity index (χ0) is 21.9. The number of carboxylic acid groups (broad SMARTS) is 1. The Morgan fingerprint density at radius 1 is 1.20 bits per heavy atom. The number of halogens is 2. The lowest BCUT2D eigenvalue weighted by Crippen LogP contribution is -2.54. The zero-order valence-electron chi connectivity index (χ0n) is 15.4. The molecule has 0 radical (unpaired) electrons. The standard InChI is InChI=1S/C20H16ClFN4O4/c21-12-5-3-4-11(8-12)20(19(29)30,9-16(23)27)25-18(28)14-10-24-26-17(14)13-6-1-2-7-15(13)22/h1-8,10H,9H2,(H2,23,27)(H,24,26)(H,25,28)(H,29,30)/t20-/m0/s1. The molecule has 2 amide bonds. The zero-order valence-corrected chi connectivity index (χ0v) is 16.1. The molecule has 154 valence electrons. The molecule has 0 aliphatic heterocycles. The Kier molecular flexibility index (Phi) is 5.84. The highest BCUT2D eigenvalue weighted by atomic mass is 35.5. The number of aromatic amines is 1. The maximum absolute atomic E-state index is 14.2. The fourth-order valence-electron chi connectivity index (χ4n) is 3.07. The maximum atomic E-state index is 14.2. The van der Waals surface area contributed by atoms with Crippen LogP contribution in [-0.4, -0.2) is 33.1 Å². The second-order valence-corrected chi connectivity index (χ2v) is 6.89. The van der Waals surface area contributed by atoms with Crippen LogP contribution in [0.1, 0.15) is 22.3 Å². The van der Waals surface area contributed by atoms with E-state index >= 15 is 0 Å². The van der Waals surface area contributed by atoms with E-state index < -0.39 is 35.6 Å². The summed E-state index contributed by atoms with van der Waals surface area (Å²) in [6.07, 6.45) is 0.396. The lowest BCUT2D eigenvalue weighted by Gasteiger charge is -2.30. The average Bonchev–Trinajstić information content (AvgIpc) is 3.17. The van der Waals surface area contributed by atoms with Crippen molar-refractivity contribution in [3.63, 3.8) is 0 Å². The van der Waals surface area contributed by atoms with Crippen molar-refractivity contribution in [1.29, 1.82) is 0 Å². The highest BCUT2D eigenvalue weighted by Crippen LogP contribution is 2.30. The molecule has 0 saturated carbocycles. The van der Waals surface area contributed by atoms with E-state index in [1.807, 2.05) is 0 Å². The smallest absolute Gasteiger partial charge is 0.334 e. The molecule has 0 aliphatic carbocycles. The van der Waals surface area contributed by atoms with Crippen molar-refractivity contribution in [2.45, 2.75) is 12.0 Å². The minimum atomic E-state index is -2.20. The molecule has 8 nitrogen and oxygen atoms in total. The van der Waals surface area contributed by atoms with Crippen molar-refractivity contribution in [2.24, 2.45) is 5.73 Å². The van der Waals surface area contributed by atoms with Gasteiger partial charge in [-0.05, 0) is 29.8 Å². The van der Waals surface area contributed by atoms with Crippen LogP contribution in [0.3, 0.4) is 0 Å². The molecule has 0 unspecified atom stereocenters. The number of nitrogens with two attached hydrogens (primary N) is 1. The van der Waals surface area contributed by atoms with Crippen molar-refractivity contribution in [2.75, 3.05) is 0 Å². The third-order valence-corrected chi connectivity index (χ3v) is 4.71. The molecular formula is C20H16ClFN4O4. The molecule has 3 rings (SSSR count). The Hall–Kier alpha value is -3.72. The van der Waals surface area contributed by atoms with Gasteiger partial charge in [-0.2, -0.15) is 5.10 Å². The Morgan fingerprint density at radius 2 is 1.93 bits per heavy atom. The number of nitrogens with zero attached hydrogens (tertiary/aromatic N) is 1. The number of hydrogen-bond donors (Lipinski definition) is 4. The summed E-state index contributed by atoms with van der Waals surface area (Å²) in [5, 5.41) is 18.8. The first-order valence-corrected chi connectivity index (χ1v) is 9.01. The van der Waals surface area contributed by atoms with Gasteiger partial charge in [0, 0.05) is 10.6 Å². The number of aromatic nitrogens is 2. The van der Waals surface area contributed by atoms with E-state index in [9.17, 15) is 23.9 Å². The van der Waals surface area contributed by atoms with Gasteiger partial charge in [0.05, 0.1) is 23.9 Å². The van der Waals surface area contributed by atoms with Crippen LogP contribution in [-0.2, 0) is 15.1 Å². The van der Waals surface area contributed by atoms with E-state index in [-0.39, 0.29) is 27.4 Å². The van der Waals surface area contributed by atoms with Gasteiger partial charge in [-0.25, -0.2) is 9.18 Å². The van der Waals surface area contributed by atoms with Crippen molar-refractivity contribution in [3.8, 4) is 11.3 Å². The van der Waals surface area contributed by atoms with Gasteiger partial charge >= 0.3 is 5.97 Å². The first-order chi connectivity index (χ1) is 14.2. The summed E-state index contributed by atoms with van der Waals surface area (Å²) in [5.74, 6) is -3.98. The minimum Gasteiger partial charge on any atom is -0.479 e. The average molecular weight is 431 g/mol. The van der Waals surface area contributed by atoms with Gasteiger partial charge < -0.3 is 16.2 Å². The number of carbonyl (C=O) groups excluding carboxylic acids is 2. The molecule has 0 bridgehead atoms. The number of primary amides is 1. The topological polar surface area (TPSA) is 138 Å². The number of amides is 2. The molecule has 1 atom stereocenters. The largest absolute Gasteiger partial charge is 0.479 e. The number of hydrogen-bond acceptors (Lipinski definition) is 4. The molecule has 5 N–H and O–H groups in total. The summed E-state index contributed by atoms with van der Waals surface area (Å²) in [5.41, 5.74) is 3.13. The van der Waals surface area contributed by atoms with Crippen molar-refractivity contribution in [1.82, 2.24) is 15.5 Å². The monoisotopic (exact) mass is 430 g/mol. The number of nitrogens with one attached hydrogen (secondary N) is 2. The summed E-state index contributed by atoms with van der Waals surface area (Å²) in [6, 6.07) is 11.4. The maximum Gasteiger partial charge on any atom is 0.334 e. The highest BCUT2D eigenvalue weighted by molar-refractivity contribution is 6.30. The third-order valence-electron chi connectivity index (χ3n) is 4.48. The summed E-state index contributed by atoms with van der Waals surface area (Å²) in [4.78, 5) is 36.9. The van der Waals surface area contributed by atoms with E-state index in [2.05, 4.69) is 15.5 Å². The Labute approximate surface area is 174 Å². The quantitative estimate of drug-likeness (QED) is 0.456. The molecule has 3 aromatic rings. The molecular weight excluding hydrogens is 415 g/mol. The number of carbonyl (C=O) groups is 3. The van der Waals surface area contributed by atoms with E-state index in [0.717, 1.165) is 6.20 Å². The van der Waals surface area contributed by atoms with Crippen LogP contribution in [0.25, 0.3) is 11.3 Å². The molecule has 0 saturated heterocycles. The molecule has 1 aromatic heterocycles. The Balaban J connectivity index is 2.08. The number of benzene rings is 2. The van der Waals surface area contributed by atoms with Gasteiger partial charge in [-0.3, -0.25) is 14.7 Å². The van der Waals surface area contributed by atoms with Crippen LogP contribution >= 0.6 is 11.6 Å². The van der Waals surface area contributed by atoms with Crippen molar-refractivity contribution < 1.29 is 23.9 Å². The molecule has 2 aromatic carbocycles. The van der Waals surface area contributed by atoms with Gasteiger partial charge in [0.15, 0.2) is 5.54 Å². The first-order valence-electron chi connectivity index (χ1n) is 8.63. The second kappa shape index (κ2) is 8.34. The van der Waals surface area contributed by atoms with Crippen LogP contribution in [0.5, 0.6) is 0 Å². The normalized spacial score (nSPS) is 12.7. The number of rotatable bonds is 7. The fourth-order valence-corrected chi connectivity index (χ4v) is 3.27. The third kappa shape index (κ3) is 4.01. The van der Waals surface area contributed by atoms with Crippen molar-refractivity contribution in [3.05, 3.63) is 76.7 Å². The van der Waals surface area contributed by atoms with E-state index in [0.29, 0.717) is 0 Å². The summed E-state index contributed by atoms with van der Waals surface area (Å²) >= 11 is 5.97. The Morgan fingerprint density at radius 3 is 2.57 bits per heavy atom. The van der Waals surface area contributed by atoms with Crippen LogP contribution in [0.4, 0.5) is 4.39 Å². The van der Waals surface area contributed by atoms with Crippen LogP contribution in [0.2, 0.25) is 5.02 Å². The molecule has 30 heavy (non-hydrogen) atoms. The predicted molar refractivity (Wildman–Crippen MR) is 106 cm³/mol. The van der Waals surface area contributed by atoms with Crippen molar-refractivity contribution >= 4 is 29.4 Å². The van der Waals surface area contributed by atoms with Crippen LogP contribution in [0, 0.1) is 5.82 Å². The molecule has 0 fully saturated rings. The number of aliphatic carboxylic acids is 1. The van der Waals surface area contributed by atoms with Gasteiger partial charge in [0.2, 0.25) is 5.91 Å². The van der Waals surface area contributed by atoms with Gasteiger partial charge in [0.25, 0.3) is 5.91 Å². The van der Waals surface area contributed by atoms with E-state index in [1.165, 1.54) is 42.5 Å². The molecule has 0 aliphatic rings. The lowest BCUT2D eigenvalue weighted by atomic mass is 9.85. The van der Waals surface area contributed by atoms with E-state index in [1.54, 1.807) is 6.07 Å². The predicted octanol–water partition coefficient (Wildman–Crippen LogP) is 2.45. The van der Waals surface area contributed by atoms with Gasteiger partial charge in [-0.15, -0.1) is 0 Å². The second-order valence-electron chi connectivity index (χ2n) is 6.46. The minimum absolute atomic E-state index is 0.0468. The summed E-state index contributed by atoms with van der Waals surface area (Å²) in [7, 11) is 0. The van der Waals surface area contributed by atoms with Crippen LogP contribution in [0.15, 0.2) is 54.7 Å². The summed E-state index contributed by atoms with van der Waals surface area (Å²) in [6.45, 7) is 0. The van der Waals surface area contributed by atoms with E-state index in [4.69, 9.17) is 17.3 Å². The molecule has 10 heteroatoms. The van der Waals surface area contributed by atoms with Crippen LogP contribution < -0.4 is 11.1 Å². The molecule has 0 spiro atoms. The first kappa shape index (κ1) is 21.0. The van der Waals surface area contributed by atoms with Gasteiger partial charge in [0.1, 0.15) is 5.82 Å². The SMILES string of the molecule is NC(=O)C[C@@](NC(=O)c1cn[nH]c1-c1ccccc1F)(C(=O)O)c1cccc(Cl)c1. The Bertz CT molecular complexity index is 1130.